The fraction of sp³-hybridized carbons (Fsp3) is 0.700. The van der Waals surface area contributed by atoms with Gasteiger partial charge in [-0.05, 0) is 12.5 Å². The summed E-state index contributed by atoms with van der Waals surface area (Å²) >= 11 is 0. The Kier molecular flexibility index (Phi) is 3.48. The van der Waals surface area contributed by atoms with Crippen LogP contribution in [0.15, 0.2) is 12.2 Å². The monoisotopic (exact) mass is 184 g/mol. The van der Waals surface area contributed by atoms with Crippen molar-refractivity contribution in [2.45, 2.75) is 38.2 Å². The predicted octanol–water partition coefficient (Wildman–Crippen LogP) is 1.98. The number of aliphatic carboxylic acids is 1. The Morgan fingerprint density at radius 1 is 1.62 bits per heavy atom. The van der Waals surface area contributed by atoms with Crippen molar-refractivity contribution in [3.05, 3.63) is 12.2 Å². The Morgan fingerprint density at radius 3 is 2.77 bits per heavy atom. The molecule has 0 radical (unpaired) electrons. The van der Waals surface area contributed by atoms with Gasteiger partial charge in [0.05, 0.1) is 6.61 Å². The molecule has 0 bridgehead atoms. The van der Waals surface area contributed by atoms with E-state index in [1.807, 2.05) is 0 Å². The molecule has 3 heteroatoms. The third-order valence-electron chi connectivity index (χ3n) is 2.25. The second-order valence-corrected chi connectivity index (χ2v) is 3.48. The van der Waals surface area contributed by atoms with E-state index in [1.165, 1.54) is 18.9 Å². The lowest BCUT2D eigenvalue weighted by Crippen LogP contribution is -2.07. The maximum atomic E-state index is 10.3. The first-order chi connectivity index (χ1) is 6.18. The van der Waals surface area contributed by atoms with Crippen LogP contribution in [0.1, 0.15) is 32.6 Å². The van der Waals surface area contributed by atoms with Crippen LogP contribution in [0.4, 0.5) is 0 Å². The van der Waals surface area contributed by atoms with Gasteiger partial charge in [-0.15, -0.1) is 0 Å². The predicted molar refractivity (Wildman–Crippen MR) is 49.6 cm³/mol. The SMILES string of the molecule is CCCCC[C@]1(/C=C/C(=O)O)CO1. The second kappa shape index (κ2) is 4.42. The minimum atomic E-state index is -0.898. The molecule has 0 saturated carbocycles. The topological polar surface area (TPSA) is 49.8 Å². The van der Waals surface area contributed by atoms with E-state index in [0.717, 1.165) is 12.8 Å². The molecule has 13 heavy (non-hydrogen) atoms. The van der Waals surface area contributed by atoms with Crippen molar-refractivity contribution in [1.82, 2.24) is 0 Å². The van der Waals surface area contributed by atoms with Crippen LogP contribution in [0.2, 0.25) is 0 Å². The first-order valence-corrected chi connectivity index (χ1v) is 4.75. The minimum absolute atomic E-state index is 0.229. The lowest BCUT2D eigenvalue weighted by molar-refractivity contribution is -0.131. The van der Waals surface area contributed by atoms with Crippen molar-refractivity contribution in [2.24, 2.45) is 0 Å². The van der Waals surface area contributed by atoms with E-state index in [-0.39, 0.29) is 5.60 Å². The largest absolute Gasteiger partial charge is 0.478 e. The summed E-state index contributed by atoms with van der Waals surface area (Å²) in [4.78, 5) is 10.3. The van der Waals surface area contributed by atoms with E-state index in [0.29, 0.717) is 6.61 Å². The van der Waals surface area contributed by atoms with Crippen LogP contribution in [-0.2, 0) is 9.53 Å². The van der Waals surface area contributed by atoms with E-state index >= 15 is 0 Å². The van der Waals surface area contributed by atoms with Crippen LogP contribution in [0.25, 0.3) is 0 Å². The molecule has 0 amide bonds. The van der Waals surface area contributed by atoms with Gasteiger partial charge in [0, 0.05) is 6.08 Å². The number of rotatable bonds is 6. The summed E-state index contributed by atoms with van der Waals surface area (Å²) in [7, 11) is 0. The van der Waals surface area contributed by atoms with Crippen LogP contribution in [0.3, 0.4) is 0 Å². The minimum Gasteiger partial charge on any atom is -0.478 e. The zero-order valence-corrected chi connectivity index (χ0v) is 7.95. The molecule has 1 heterocycles. The smallest absolute Gasteiger partial charge is 0.328 e. The molecule has 1 rings (SSSR count). The summed E-state index contributed by atoms with van der Waals surface area (Å²) in [5, 5.41) is 8.43. The Bertz CT molecular complexity index is 204. The van der Waals surface area contributed by atoms with Gasteiger partial charge in [-0.25, -0.2) is 4.79 Å². The van der Waals surface area contributed by atoms with Gasteiger partial charge in [0.2, 0.25) is 0 Å². The maximum Gasteiger partial charge on any atom is 0.328 e. The normalized spacial score (nSPS) is 26.5. The van der Waals surface area contributed by atoms with Gasteiger partial charge >= 0.3 is 5.97 Å². The van der Waals surface area contributed by atoms with E-state index in [4.69, 9.17) is 9.84 Å². The van der Waals surface area contributed by atoms with Gasteiger partial charge in [-0.1, -0.05) is 26.2 Å². The number of carboxylic acid groups (broad SMARTS) is 1. The molecule has 74 valence electrons. The summed E-state index contributed by atoms with van der Waals surface area (Å²) in [6.45, 7) is 2.83. The Labute approximate surface area is 78.4 Å². The molecule has 1 N–H and O–H groups in total. The Morgan fingerprint density at radius 2 is 2.31 bits per heavy atom. The number of epoxide rings is 1. The molecule has 0 aromatic rings. The summed E-state index contributed by atoms with van der Waals surface area (Å²) in [6.07, 6.45) is 7.28. The van der Waals surface area contributed by atoms with Crippen molar-refractivity contribution < 1.29 is 14.6 Å². The van der Waals surface area contributed by atoms with Crippen LogP contribution in [0.5, 0.6) is 0 Å². The Hall–Kier alpha value is -0.830. The first kappa shape index (κ1) is 10.3. The molecule has 1 aliphatic heterocycles. The highest BCUT2D eigenvalue weighted by Gasteiger charge is 2.41. The maximum absolute atomic E-state index is 10.3. The molecule has 1 fully saturated rings. The molecule has 1 saturated heterocycles. The van der Waals surface area contributed by atoms with Crippen molar-refractivity contribution in [3.63, 3.8) is 0 Å². The van der Waals surface area contributed by atoms with E-state index in [9.17, 15) is 4.79 Å². The molecular weight excluding hydrogens is 168 g/mol. The standard InChI is InChI=1S/C10H16O3/c1-2-3-4-6-10(8-13-10)7-5-9(11)12/h5,7H,2-4,6,8H2,1H3,(H,11,12)/b7-5+/t10-/m0/s1. The molecule has 0 aromatic heterocycles. The quantitative estimate of drug-likeness (QED) is 0.390. The summed E-state index contributed by atoms with van der Waals surface area (Å²) in [5.74, 6) is -0.898. The fourth-order valence-electron chi connectivity index (χ4n) is 1.31. The summed E-state index contributed by atoms with van der Waals surface area (Å²) in [6, 6.07) is 0. The molecule has 1 aliphatic rings. The van der Waals surface area contributed by atoms with Crippen molar-refractivity contribution >= 4 is 5.97 Å². The van der Waals surface area contributed by atoms with E-state index < -0.39 is 5.97 Å². The van der Waals surface area contributed by atoms with Crippen molar-refractivity contribution in [2.75, 3.05) is 6.61 Å². The van der Waals surface area contributed by atoms with Crippen LogP contribution >= 0.6 is 0 Å². The van der Waals surface area contributed by atoms with Crippen LogP contribution in [0, 0.1) is 0 Å². The molecule has 1 atom stereocenters. The molecule has 0 aromatic carbocycles. The Balaban J connectivity index is 2.26. The van der Waals surface area contributed by atoms with Gasteiger partial charge in [0.25, 0.3) is 0 Å². The second-order valence-electron chi connectivity index (χ2n) is 3.48. The zero-order chi connectivity index (χ0) is 9.73. The number of unbranched alkanes of at least 4 members (excludes halogenated alkanes) is 2. The first-order valence-electron chi connectivity index (χ1n) is 4.75. The lowest BCUT2D eigenvalue weighted by Gasteiger charge is -2.04. The molecular formula is C10H16O3. The average Bonchev–Trinajstić information content (AvgIpc) is 2.83. The van der Waals surface area contributed by atoms with Gasteiger partial charge in [0.15, 0.2) is 0 Å². The van der Waals surface area contributed by atoms with Gasteiger partial charge in [-0.3, -0.25) is 0 Å². The highest BCUT2D eigenvalue weighted by atomic mass is 16.6. The molecule has 3 nitrogen and oxygen atoms in total. The number of carbonyl (C=O) groups is 1. The number of carboxylic acids is 1. The number of hydrogen-bond donors (Lipinski definition) is 1. The molecule has 0 aliphatic carbocycles. The molecule has 0 spiro atoms. The third kappa shape index (κ3) is 3.59. The highest BCUT2D eigenvalue weighted by Crippen LogP contribution is 2.34. The van der Waals surface area contributed by atoms with Crippen molar-refractivity contribution in [3.8, 4) is 0 Å². The number of ether oxygens (including phenoxy) is 1. The summed E-state index contributed by atoms with van der Waals surface area (Å²) < 4.78 is 5.24. The fourth-order valence-corrected chi connectivity index (χ4v) is 1.31. The molecule has 0 unspecified atom stereocenters. The van der Waals surface area contributed by atoms with E-state index in [2.05, 4.69) is 6.92 Å². The lowest BCUT2D eigenvalue weighted by atomic mass is 10.0. The highest BCUT2D eigenvalue weighted by molar-refractivity contribution is 5.80. The van der Waals surface area contributed by atoms with Crippen LogP contribution in [-0.4, -0.2) is 23.3 Å². The number of hydrogen-bond acceptors (Lipinski definition) is 2. The summed E-state index contributed by atoms with van der Waals surface area (Å²) in [5.41, 5.74) is -0.229. The average molecular weight is 184 g/mol. The van der Waals surface area contributed by atoms with Crippen molar-refractivity contribution in [1.29, 1.82) is 0 Å². The van der Waals surface area contributed by atoms with E-state index in [1.54, 1.807) is 6.08 Å². The van der Waals surface area contributed by atoms with Crippen LogP contribution < -0.4 is 0 Å². The van der Waals surface area contributed by atoms with Gasteiger partial charge in [-0.2, -0.15) is 0 Å². The zero-order valence-electron chi connectivity index (χ0n) is 7.95. The van der Waals surface area contributed by atoms with Gasteiger partial charge in [0.1, 0.15) is 5.60 Å². The third-order valence-corrected chi connectivity index (χ3v) is 2.25. The van der Waals surface area contributed by atoms with Gasteiger partial charge < -0.3 is 9.84 Å².